The maximum Gasteiger partial charge on any atom is 0.345 e. The number of carbonyl (C=O) groups is 8. The second-order valence-corrected chi connectivity index (χ2v) is 13.7. The minimum atomic E-state index is -1.21. The molecular formula is C44H60N6O25. The quantitative estimate of drug-likeness (QED) is 0.0236. The van der Waals surface area contributed by atoms with Crippen molar-refractivity contribution in [1.29, 1.82) is 0 Å². The van der Waals surface area contributed by atoms with E-state index in [-0.39, 0.29) is 58.2 Å². The predicted octanol–water partition coefficient (Wildman–Crippen LogP) is -5.02. The first-order chi connectivity index (χ1) is 35.4. The topological polar surface area (TPSA) is 403 Å². The highest BCUT2D eigenvalue weighted by atomic mass is 16.6. The Labute approximate surface area is 424 Å². The van der Waals surface area contributed by atoms with Crippen LogP contribution < -0.4 is 34.1 Å². The molecule has 2 aromatic heterocycles. The van der Waals surface area contributed by atoms with E-state index in [0.717, 1.165) is 0 Å². The van der Waals surface area contributed by atoms with E-state index in [4.69, 9.17) is 29.5 Å². The van der Waals surface area contributed by atoms with E-state index in [2.05, 4.69) is 50.0 Å². The van der Waals surface area contributed by atoms with Crippen molar-refractivity contribution < 1.29 is 91.6 Å². The molecule has 75 heavy (non-hydrogen) atoms. The second kappa shape index (κ2) is 34.7. The Balaban J connectivity index is 0.00000147. The van der Waals surface area contributed by atoms with Crippen molar-refractivity contribution in [2.75, 3.05) is 72.7 Å². The Morgan fingerprint density at radius 3 is 0.600 bits per heavy atom. The van der Waals surface area contributed by atoms with Crippen LogP contribution in [-0.4, -0.2) is 163 Å². The van der Waals surface area contributed by atoms with Gasteiger partial charge in [-0.05, 0) is 34.6 Å². The number of aliphatic hydroxyl groups is 3. The fourth-order valence-corrected chi connectivity index (χ4v) is 5.19. The summed E-state index contributed by atoms with van der Waals surface area (Å²) in [6.45, 7) is 15.2. The van der Waals surface area contributed by atoms with Crippen molar-refractivity contribution in [1.82, 2.24) is 27.4 Å². The van der Waals surface area contributed by atoms with Crippen LogP contribution in [0.3, 0.4) is 0 Å². The van der Waals surface area contributed by atoms with Crippen LogP contribution in [-0.2, 0) is 116 Å². The Hall–Kier alpha value is -8.58. The van der Waals surface area contributed by atoms with E-state index >= 15 is 0 Å². The van der Waals surface area contributed by atoms with Crippen molar-refractivity contribution in [2.45, 2.75) is 73.9 Å². The average Bonchev–Trinajstić information content (AvgIpc) is 3.37. The summed E-state index contributed by atoms with van der Waals surface area (Å²) in [6, 6.07) is 0. The van der Waals surface area contributed by atoms with Crippen LogP contribution in [0.4, 0.5) is 0 Å². The minimum absolute atomic E-state index is 0.0416. The molecule has 0 aliphatic heterocycles. The zero-order valence-corrected chi connectivity index (χ0v) is 41.9. The molecule has 0 unspecified atom stereocenters. The standard InChI is InChI=1S/C27H33N3O15.C9H15N3O6.C8H12O4/c1-7-40-19(31)16(4)22(34)43-13-10-28-25(37)29(11-14-44-23(35)17(5)20(32)41-8-2)27(39)30(26(28)38)12-15-45-24(36)18(6)21(33)42-9-3;13-4-1-10-7(16)11(2-5-14)9(18)12(3-6-15)8(10)17;1-4-11-7(9)6(3)8(10)12-5-2/h4-15H2,1-3H3;13-15H,1-6H2;3-5H2,1-2H3. The molecule has 2 aromatic rings. The Morgan fingerprint density at radius 1 is 0.307 bits per heavy atom. The van der Waals surface area contributed by atoms with Gasteiger partial charge in [0.1, 0.15) is 42.1 Å². The highest BCUT2D eigenvalue weighted by molar-refractivity contribution is 6.15. The summed E-state index contributed by atoms with van der Waals surface area (Å²) in [5.41, 5.74) is -8.51. The average molecular weight is 1070 g/mol. The largest absolute Gasteiger partial charge is 0.462 e. The zero-order valence-electron chi connectivity index (χ0n) is 41.9. The number of hydrogen-bond acceptors (Lipinski definition) is 25. The molecule has 416 valence electrons. The van der Waals surface area contributed by atoms with Gasteiger partial charge in [-0.2, -0.15) is 0 Å². The van der Waals surface area contributed by atoms with Crippen LogP contribution in [0.1, 0.15) is 34.6 Å². The van der Waals surface area contributed by atoms with Gasteiger partial charge in [0.15, 0.2) is 0 Å². The molecule has 2 rings (SSSR count). The third kappa shape index (κ3) is 20.5. The fraction of sp³-hybridized carbons (Fsp3) is 0.500. The molecule has 0 saturated heterocycles. The molecular weight excluding hydrogens is 1010 g/mol. The highest BCUT2D eigenvalue weighted by Gasteiger charge is 2.24. The van der Waals surface area contributed by atoms with Crippen LogP contribution >= 0.6 is 0 Å². The first kappa shape index (κ1) is 66.4. The summed E-state index contributed by atoms with van der Waals surface area (Å²) in [5.74, 6) is -8.18. The number of aromatic nitrogens is 6. The molecule has 0 saturated carbocycles. The van der Waals surface area contributed by atoms with Gasteiger partial charge in [0.2, 0.25) is 0 Å². The molecule has 0 spiro atoms. The maximum absolute atomic E-state index is 13.1. The lowest BCUT2D eigenvalue weighted by Gasteiger charge is -2.15. The lowest BCUT2D eigenvalue weighted by molar-refractivity contribution is -0.148. The molecule has 0 radical (unpaired) electrons. The lowest BCUT2D eigenvalue weighted by Crippen LogP contribution is -2.55. The normalized spacial score (nSPS) is 10.1. The van der Waals surface area contributed by atoms with Crippen molar-refractivity contribution in [3.63, 3.8) is 0 Å². The van der Waals surface area contributed by atoms with E-state index in [1.165, 1.54) is 20.8 Å². The Kier molecular flexibility index (Phi) is 30.8. The van der Waals surface area contributed by atoms with Gasteiger partial charge >= 0.3 is 81.9 Å². The van der Waals surface area contributed by atoms with Gasteiger partial charge in [0, 0.05) is 0 Å². The van der Waals surface area contributed by atoms with Gasteiger partial charge in [0.05, 0.1) is 92.1 Å². The van der Waals surface area contributed by atoms with E-state index in [9.17, 15) is 67.1 Å². The van der Waals surface area contributed by atoms with E-state index < -0.39 is 158 Å². The number of hydrogen-bond donors (Lipinski definition) is 3. The number of carbonyl (C=O) groups excluding carboxylic acids is 8. The molecule has 2 heterocycles. The molecule has 0 fully saturated rings. The molecule has 0 aliphatic rings. The third-order valence-corrected chi connectivity index (χ3v) is 8.73. The van der Waals surface area contributed by atoms with Gasteiger partial charge in [-0.15, -0.1) is 0 Å². The number of nitrogens with zero attached hydrogens (tertiary/aromatic N) is 6. The van der Waals surface area contributed by atoms with Crippen LogP contribution in [0, 0.1) is 0 Å². The first-order valence-electron chi connectivity index (χ1n) is 22.3. The van der Waals surface area contributed by atoms with Crippen molar-refractivity contribution >= 4 is 47.8 Å². The summed E-state index contributed by atoms with van der Waals surface area (Å²) >= 11 is 0. The molecule has 0 aliphatic carbocycles. The Morgan fingerprint density at radius 2 is 0.453 bits per heavy atom. The van der Waals surface area contributed by atoms with Gasteiger partial charge < -0.3 is 53.2 Å². The van der Waals surface area contributed by atoms with E-state index in [1.807, 2.05) is 0 Å². The summed E-state index contributed by atoms with van der Waals surface area (Å²) in [6.07, 6.45) is 0. The molecule has 0 atom stereocenters. The molecule has 31 heteroatoms. The second-order valence-electron chi connectivity index (χ2n) is 13.7. The molecule has 0 aromatic carbocycles. The van der Waals surface area contributed by atoms with Gasteiger partial charge in [0.25, 0.3) is 0 Å². The third-order valence-electron chi connectivity index (χ3n) is 8.73. The van der Waals surface area contributed by atoms with E-state index in [1.54, 1.807) is 13.8 Å². The summed E-state index contributed by atoms with van der Waals surface area (Å²) < 4.78 is 41.1. The highest BCUT2D eigenvalue weighted by Crippen LogP contribution is 2.02. The van der Waals surface area contributed by atoms with Gasteiger partial charge in [-0.1, -0.05) is 26.3 Å². The smallest absolute Gasteiger partial charge is 0.345 e. The van der Waals surface area contributed by atoms with Crippen LogP contribution in [0.25, 0.3) is 0 Å². The van der Waals surface area contributed by atoms with E-state index in [0.29, 0.717) is 27.4 Å². The van der Waals surface area contributed by atoms with Gasteiger partial charge in [-0.3, -0.25) is 0 Å². The number of aliphatic hydroxyl groups excluding tert-OH is 3. The SMILES string of the molecule is C=C(C(=O)OCC)C(=O)OCC.C=C(C(=O)OCC)C(=O)OCCn1c(=O)n(CCOC(=O)C(=C)C(=O)OCC)c(=O)n(CCOC(=O)C(=C)C(=O)OCC)c1=O.O=c1n(CCO)c(=O)n(CCO)c(=O)n1CCO. The lowest BCUT2D eigenvalue weighted by atomic mass is 10.3. The summed E-state index contributed by atoms with van der Waals surface area (Å²) in [4.78, 5) is 167. The number of rotatable bonds is 28. The first-order valence-corrected chi connectivity index (χ1v) is 22.3. The van der Waals surface area contributed by atoms with Crippen LogP contribution in [0.15, 0.2) is 77.4 Å². The van der Waals surface area contributed by atoms with Crippen molar-refractivity contribution in [3.05, 3.63) is 112 Å². The van der Waals surface area contributed by atoms with Crippen molar-refractivity contribution in [2.24, 2.45) is 0 Å². The summed E-state index contributed by atoms with van der Waals surface area (Å²) in [5, 5.41) is 26.4. The van der Waals surface area contributed by atoms with Crippen LogP contribution in [0.2, 0.25) is 0 Å². The van der Waals surface area contributed by atoms with Crippen LogP contribution in [0.5, 0.6) is 0 Å². The van der Waals surface area contributed by atoms with Gasteiger partial charge in [-0.25, -0.2) is 94.5 Å². The minimum Gasteiger partial charge on any atom is -0.462 e. The zero-order chi connectivity index (χ0) is 57.5. The Bertz CT molecular complexity index is 2460. The fourth-order valence-electron chi connectivity index (χ4n) is 5.19. The summed E-state index contributed by atoms with van der Waals surface area (Å²) in [7, 11) is 0. The molecule has 31 nitrogen and oxygen atoms in total. The molecule has 0 amide bonds. The van der Waals surface area contributed by atoms with Crippen molar-refractivity contribution in [3.8, 4) is 0 Å². The predicted molar refractivity (Wildman–Crippen MR) is 252 cm³/mol. The molecule has 3 N–H and O–H groups in total. The molecule has 0 bridgehead atoms. The number of esters is 8. The maximum atomic E-state index is 13.1. The monoisotopic (exact) mass is 1070 g/mol. The number of ether oxygens (including phenoxy) is 8.